The predicted molar refractivity (Wildman–Crippen MR) is 54.2 cm³/mol. The quantitative estimate of drug-likeness (QED) is 0.776. The number of aromatic nitrogens is 2. The summed E-state index contributed by atoms with van der Waals surface area (Å²) in [5.41, 5.74) is 1.58. The summed E-state index contributed by atoms with van der Waals surface area (Å²) in [5, 5.41) is 0. The Morgan fingerprint density at radius 3 is 3.20 bits per heavy atom. The third kappa shape index (κ3) is 1.51. The van der Waals surface area contributed by atoms with Gasteiger partial charge in [0.15, 0.2) is 0 Å². The lowest BCUT2D eigenvalue weighted by atomic mass is 10.1. The molecule has 0 aliphatic carbocycles. The fourth-order valence-corrected chi connectivity index (χ4v) is 1.95. The lowest BCUT2D eigenvalue weighted by Crippen LogP contribution is -1.99. The Labute approximate surface area is 86.3 Å². The summed E-state index contributed by atoms with van der Waals surface area (Å²) < 4.78 is 18.2. The average Bonchev–Trinajstić information content (AvgIpc) is 2.84. The molecule has 0 bridgehead atoms. The standard InChI is InChI=1S/C11H11FN2O/c12-8-1-2-9-10(5-8)14-11(13-9)7-3-4-15-6-7/h1-2,5,7H,3-4,6H2,(H,13,14). The van der Waals surface area contributed by atoms with Crippen molar-refractivity contribution in [2.75, 3.05) is 13.2 Å². The van der Waals surface area contributed by atoms with Crippen LogP contribution in [0.5, 0.6) is 0 Å². The molecule has 3 nitrogen and oxygen atoms in total. The van der Waals surface area contributed by atoms with Gasteiger partial charge >= 0.3 is 0 Å². The van der Waals surface area contributed by atoms with Crippen LogP contribution in [0.3, 0.4) is 0 Å². The van der Waals surface area contributed by atoms with E-state index in [1.165, 1.54) is 12.1 Å². The Bertz CT molecular complexity index is 488. The molecule has 78 valence electrons. The first kappa shape index (κ1) is 8.85. The summed E-state index contributed by atoms with van der Waals surface area (Å²) in [5.74, 6) is 1.01. The fraction of sp³-hybridized carbons (Fsp3) is 0.364. The van der Waals surface area contributed by atoms with Crippen molar-refractivity contribution >= 4 is 11.0 Å². The van der Waals surface area contributed by atoms with Crippen LogP contribution in [-0.2, 0) is 4.74 Å². The number of hydrogen-bond acceptors (Lipinski definition) is 2. The second kappa shape index (κ2) is 3.31. The molecule has 1 aromatic heterocycles. The summed E-state index contributed by atoms with van der Waals surface area (Å²) in [6, 6.07) is 4.60. The summed E-state index contributed by atoms with van der Waals surface area (Å²) in [6.45, 7) is 1.50. The third-order valence-corrected chi connectivity index (χ3v) is 2.78. The van der Waals surface area contributed by atoms with Gasteiger partial charge in [0.1, 0.15) is 11.6 Å². The zero-order valence-electron chi connectivity index (χ0n) is 8.16. The number of aromatic amines is 1. The van der Waals surface area contributed by atoms with Crippen LogP contribution in [-0.4, -0.2) is 23.2 Å². The normalized spacial score (nSPS) is 21.3. The smallest absolute Gasteiger partial charge is 0.125 e. The summed E-state index contributed by atoms with van der Waals surface area (Å²) in [4.78, 5) is 7.58. The van der Waals surface area contributed by atoms with E-state index in [0.717, 1.165) is 29.9 Å². The maximum Gasteiger partial charge on any atom is 0.125 e. The van der Waals surface area contributed by atoms with Gasteiger partial charge in [0.05, 0.1) is 17.6 Å². The van der Waals surface area contributed by atoms with Crippen LogP contribution < -0.4 is 0 Å². The van der Waals surface area contributed by atoms with E-state index >= 15 is 0 Å². The molecule has 1 saturated heterocycles. The van der Waals surface area contributed by atoms with Crippen LogP contribution in [0.15, 0.2) is 18.2 Å². The molecular formula is C11H11FN2O. The molecule has 2 aromatic rings. The molecule has 1 aromatic carbocycles. The van der Waals surface area contributed by atoms with Gasteiger partial charge in [-0.1, -0.05) is 0 Å². The molecule has 1 N–H and O–H groups in total. The topological polar surface area (TPSA) is 37.9 Å². The highest BCUT2D eigenvalue weighted by atomic mass is 19.1. The first-order valence-electron chi connectivity index (χ1n) is 5.06. The Morgan fingerprint density at radius 2 is 2.40 bits per heavy atom. The van der Waals surface area contributed by atoms with Crippen LogP contribution in [0.1, 0.15) is 18.2 Å². The van der Waals surface area contributed by atoms with Crippen LogP contribution in [0.2, 0.25) is 0 Å². The maximum absolute atomic E-state index is 13.0. The molecule has 1 fully saturated rings. The number of H-pyrrole nitrogens is 1. The lowest BCUT2D eigenvalue weighted by molar-refractivity contribution is 0.193. The Kier molecular flexibility index (Phi) is 1.95. The zero-order valence-corrected chi connectivity index (χ0v) is 8.16. The molecule has 1 atom stereocenters. The predicted octanol–water partition coefficient (Wildman–Crippen LogP) is 2.21. The summed E-state index contributed by atoms with van der Waals surface area (Å²) >= 11 is 0. The summed E-state index contributed by atoms with van der Waals surface area (Å²) in [6.07, 6.45) is 0.988. The lowest BCUT2D eigenvalue weighted by Gasteiger charge is -2.00. The number of nitrogens with zero attached hydrogens (tertiary/aromatic N) is 1. The van der Waals surface area contributed by atoms with Gasteiger partial charge < -0.3 is 9.72 Å². The first-order chi connectivity index (χ1) is 7.33. The molecule has 4 heteroatoms. The van der Waals surface area contributed by atoms with Crippen molar-refractivity contribution in [2.24, 2.45) is 0 Å². The highest BCUT2D eigenvalue weighted by Crippen LogP contribution is 2.25. The number of imidazole rings is 1. The largest absolute Gasteiger partial charge is 0.381 e. The van der Waals surface area contributed by atoms with Crippen LogP contribution in [0.25, 0.3) is 11.0 Å². The Hall–Kier alpha value is -1.42. The molecule has 0 spiro atoms. The van der Waals surface area contributed by atoms with E-state index in [1.807, 2.05) is 0 Å². The van der Waals surface area contributed by atoms with Crippen molar-refractivity contribution in [2.45, 2.75) is 12.3 Å². The first-order valence-corrected chi connectivity index (χ1v) is 5.06. The molecular weight excluding hydrogens is 195 g/mol. The number of halogens is 1. The zero-order chi connectivity index (χ0) is 10.3. The Balaban J connectivity index is 2.05. The molecule has 2 heterocycles. The van der Waals surface area contributed by atoms with Crippen molar-refractivity contribution in [1.29, 1.82) is 0 Å². The van der Waals surface area contributed by atoms with E-state index in [9.17, 15) is 4.39 Å². The van der Waals surface area contributed by atoms with Crippen molar-refractivity contribution in [3.63, 3.8) is 0 Å². The van der Waals surface area contributed by atoms with E-state index in [4.69, 9.17) is 4.74 Å². The average molecular weight is 206 g/mol. The molecule has 0 saturated carbocycles. The highest BCUT2D eigenvalue weighted by Gasteiger charge is 2.20. The van der Waals surface area contributed by atoms with E-state index in [0.29, 0.717) is 12.5 Å². The number of benzene rings is 1. The molecule has 1 unspecified atom stereocenters. The summed E-state index contributed by atoms with van der Waals surface area (Å²) in [7, 11) is 0. The second-order valence-corrected chi connectivity index (χ2v) is 3.84. The fourth-order valence-electron chi connectivity index (χ4n) is 1.95. The Morgan fingerprint density at radius 1 is 1.47 bits per heavy atom. The minimum atomic E-state index is -0.236. The third-order valence-electron chi connectivity index (χ3n) is 2.78. The molecule has 0 amide bonds. The van der Waals surface area contributed by atoms with E-state index in [2.05, 4.69) is 9.97 Å². The maximum atomic E-state index is 13.0. The SMILES string of the molecule is Fc1ccc2nc(C3CCOC3)[nH]c2c1. The van der Waals surface area contributed by atoms with Crippen molar-refractivity contribution < 1.29 is 9.13 Å². The molecule has 15 heavy (non-hydrogen) atoms. The van der Waals surface area contributed by atoms with Crippen LogP contribution in [0.4, 0.5) is 4.39 Å². The number of hydrogen-bond donors (Lipinski definition) is 1. The van der Waals surface area contributed by atoms with Crippen LogP contribution in [0, 0.1) is 5.82 Å². The monoisotopic (exact) mass is 206 g/mol. The van der Waals surface area contributed by atoms with Gasteiger partial charge in [-0.15, -0.1) is 0 Å². The van der Waals surface area contributed by atoms with Gasteiger partial charge in [0, 0.05) is 12.5 Å². The van der Waals surface area contributed by atoms with Crippen molar-refractivity contribution in [3.05, 3.63) is 29.8 Å². The van der Waals surface area contributed by atoms with Crippen molar-refractivity contribution in [1.82, 2.24) is 9.97 Å². The second-order valence-electron chi connectivity index (χ2n) is 3.84. The van der Waals surface area contributed by atoms with Gasteiger partial charge in [-0.05, 0) is 24.6 Å². The number of ether oxygens (including phenoxy) is 1. The minimum absolute atomic E-state index is 0.236. The highest BCUT2D eigenvalue weighted by molar-refractivity contribution is 5.75. The van der Waals surface area contributed by atoms with Crippen molar-refractivity contribution in [3.8, 4) is 0 Å². The van der Waals surface area contributed by atoms with Gasteiger partial charge in [0.2, 0.25) is 0 Å². The van der Waals surface area contributed by atoms with Gasteiger partial charge in [-0.2, -0.15) is 0 Å². The molecule has 1 aliphatic rings. The van der Waals surface area contributed by atoms with Crippen LogP contribution >= 0.6 is 0 Å². The molecule has 0 radical (unpaired) electrons. The van der Waals surface area contributed by atoms with E-state index < -0.39 is 0 Å². The number of nitrogens with one attached hydrogen (secondary N) is 1. The molecule has 3 rings (SSSR count). The van der Waals surface area contributed by atoms with Gasteiger partial charge in [-0.3, -0.25) is 0 Å². The molecule has 1 aliphatic heterocycles. The van der Waals surface area contributed by atoms with Gasteiger partial charge in [0.25, 0.3) is 0 Å². The van der Waals surface area contributed by atoms with E-state index in [-0.39, 0.29) is 5.82 Å². The van der Waals surface area contributed by atoms with E-state index in [1.54, 1.807) is 6.07 Å². The van der Waals surface area contributed by atoms with Gasteiger partial charge in [-0.25, -0.2) is 9.37 Å². The minimum Gasteiger partial charge on any atom is -0.381 e. The number of rotatable bonds is 1. The number of fused-ring (bicyclic) bond motifs is 1.